The van der Waals surface area contributed by atoms with E-state index in [0.29, 0.717) is 4.47 Å². The zero-order valence-corrected chi connectivity index (χ0v) is 12.6. The normalized spacial score (nSPS) is 15.0. The van der Waals surface area contributed by atoms with Gasteiger partial charge in [0.05, 0.1) is 12.1 Å². The number of hydrogen-bond acceptors (Lipinski definition) is 2. The molecule has 1 aromatic rings. The molecule has 2 amide bonds. The van der Waals surface area contributed by atoms with Gasteiger partial charge in [-0.25, -0.2) is 4.39 Å². The SMILES string of the molecule is O=C(NCC(=O)N1CCCCC1)c1c(F)cccc1Br. The molecular formula is C14H16BrFN2O2. The van der Waals surface area contributed by atoms with Crippen LogP contribution < -0.4 is 5.32 Å². The first-order chi connectivity index (χ1) is 9.59. The average Bonchev–Trinajstić information content (AvgIpc) is 2.45. The molecule has 0 aromatic heterocycles. The summed E-state index contributed by atoms with van der Waals surface area (Å²) in [5, 5.41) is 2.48. The first-order valence-corrected chi connectivity index (χ1v) is 7.39. The van der Waals surface area contributed by atoms with Gasteiger partial charge < -0.3 is 10.2 Å². The minimum atomic E-state index is -0.609. The van der Waals surface area contributed by atoms with Crippen LogP contribution >= 0.6 is 15.9 Å². The van der Waals surface area contributed by atoms with Crippen molar-refractivity contribution in [3.05, 3.63) is 34.1 Å². The van der Waals surface area contributed by atoms with Crippen LogP contribution in [0.1, 0.15) is 29.6 Å². The Labute approximate surface area is 125 Å². The highest BCUT2D eigenvalue weighted by Gasteiger charge is 2.19. The second-order valence-corrected chi connectivity index (χ2v) is 5.58. The van der Waals surface area contributed by atoms with Crippen LogP contribution in [-0.4, -0.2) is 36.3 Å². The molecule has 0 saturated carbocycles. The number of nitrogens with one attached hydrogen (secondary N) is 1. The molecule has 1 aromatic carbocycles. The Hall–Kier alpha value is -1.43. The summed E-state index contributed by atoms with van der Waals surface area (Å²) in [6, 6.07) is 4.31. The third-order valence-electron chi connectivity index (χ3n) is 3.30. The molecule has 4 nitrogen and oxygen atoms in total. The summed E-state index contributed by atoms with van der Waals surface area (Å²) in [6.07, 6.45) is 3.13. The minimum absolute atomic E-state index is 0.0704. The first-order valence-electron chi connectivity index (χ1n) is 6.59. The van der Waals surface area contributed by atoms with Crippen LogP contribution in [0.3, 0.4) is 0 Å². The molecule has 1 aliphatic heterocycles. The molecule has 108 valence electrons. The van der Waals surface area contributed by atoms with E-state index in [1.807, 2.05) is 0 Å². The fourth-order valence-electron chi connectivity index (χ4n) is 2.21. The van der Waals surface area contributed by atoms with Crippen molar-refractivity contribution in [2.75, 3.05) is 19.6 Å². The van der Waals surface area contributed by atoms with E-state index in [-0.39, 0.29) is 18.0 Å². The van der Waals surface area contributed by atoms with Gasteiger partial charge in [-0.15, -0.1) is 0 Å². The average molecular weight is 343 g/mol. The van der Waals surface area contributed by atoms with Gasteiger partial charge in [-0.3, -0.25) is 9.59 Å². The summed E-state index contributed by atoms with van der Waals surface area (Å²) in [6.45, 7) is 1.37. The highest BCUT2D eigenvalue weighted by Crippen LogP contribution is 2.19. The van der Waals surface area contributed by atoms with E-state index in [0.717, 1.165) is 32.4 Å². The van der Waals surface area contributed by atoms with Crippen molar-refractivity contribution < 1.29 is 14.0 Å². The van der Waals surface area contributed by atoms with Crippen molar-refractivity contribution in [2.45, 2.75) is 19.3 Å². The number of rotatable bonds is 3. The highest BCUT2D eigenvalue weighted by atomic mass is 79.9. The van der Waals surface area contributed by atoms with Crippen LogP contribution in [0.15, 0.2) is 22.7 Å². The van der Waals surface area contributed by atoms with E-state index >= 15 is 0 Å². The number of carbonyl (C=O) groups is 2. The molecule has 6 heteroatoms. The fourth-order valence-corrected chi connectivity index (χ4v) is 2.74. The van der Waals surface area contributed by atoms with Gasteiger partial charge in [-0.1, -0.05) is 6.07 Å². The van der Waals surface area contributed by atoms with Gasteiger partial charge >= 0.3 is 0 Å². The predicted molar refractivity (Wildman–Crippen MR) is 76.9 cm³/mol. The van der Waals surface area contributed by atoms with Crippen molar-refractivity contribution in [2.24, 2.45) is 0 Å². The Balaban J connectivity index is 1.93. The predicted octanol–water partition coefficient (Wildman–Crippen LogP) is 2.33. The van der Waals surface area contributed by atoms with Crippen molar-refractivity contribution in [1.29, 1.82) is 0 Å². The Kier molecular flexibility index (Phi) is 5.11. The van der Waals surface area contributed by atoms with Gasteiger partial charge in [-0.2, -0.15) is 0 Å². The number of hydrogen-bond donors (Lipinski definition) is 1. The molecule has 1 N–H and O–H groups in total. The number of amides is 2. The maximum Gasteiger partial charge on any atom is 0.255 e. The highest BCUT2D eigenvalue weighted by molar-refractivity contribution is 9.10. The van der Waals surface area contributed by atoms with E-state index in [9.17, 15) is 14.0 Å². The summed E-state index contributed by atoms with van der Waals surface area (Å²) < 4.78 is 14.0. The summed E-state index contributed by atoms with van der Waals surface area (Å²) in [5.74, 6) is -1.31. The molecule has 2 rings (SSSR count). The quantitative estimate of drug-likeness (QED) is 0.916. The lowest BCUT2D eigenvalue weighted by Crippen LogP contribution is -2.42. The van der Waals surface area contributed by atoms with Crippen LogP contribution in [-0.2, 0) is 4.79 Å². The molecule has 0 unspecified atom stereocenters. The second kappa shape index (κ2) is 6.83. The minimum Gasteiger partial charge on any atom is -0.343 e. The van der Waals surface area contributed by atoms with Crippen molar-refractivity contribution >= 4 is 27.7 Å². The maximum atomic E-state index is 13.6. The molecule has 0 atom stereocenters. The summed E-state index contributed by atoms with van der Waals surface area (Å²) in [4.78, 5) is 25.6. The molecule has 1 fully saturated rings. The molecule has 0 spiro atoms. The largest absolute Gasteiger partial charge is 0.343 e. The lowest BCUT2D eigenvalue weighted by atomic mass is 10.1. The number of halogens is 2. The third-order valence-corrected chi connectivity index (χ3v) is 3.96. The lowest BCUT2D eigenvalue weighted by Gasteiger charge is -2.26. The lowest BCUT2D eigenvalue weighted by molar-refractivity contribution is -0.130. The van der Waals surface area contributed by atoms with Gasteiger partial charge in [0.2, 0.25) is 5.91 Å². The molecule has 0 bridgehead atoms. The van der Waals surface area contributed by atoms with Crippen LogP contribution in [0.25, 0.3) is 0 Å². The van der Waals surface area contributed by atoms with Crippen molar-refractivity contribution in [3.8, 4) is 0 Å². The van der Waals surface area contributed by atoms with Crippen molar-refractivity contribution in [1.82, 2.24) is 10.2 Å². The molecule has 0 aliphatic carbocycles. The molecule has 1 saturated heterocycles. The van der Waals surface area contributed by atoms with Crippen molar-refractivity contribution in [3.63, 3.8) is 0 Å². The third kappa shape index (κ3) is 3.56. The van der Waals surface area contributed by atoms with Crippen LogP contribution in [0, 0.1) is 5.82 Å². The summed E-state index contributed by atoms with van der Waals surface area (Å²) >= 11 is 3.14. The topological polar surface area (TPSA) is 49.4 Å². The van der Waals surface area contributed by atoms with Gasteiger partial charge in [0, 0.05) is 17.6 Å². The van der Waals surface area contributed by atoms with E-state index in [1.54, 1.807) is 11.0 Å². The van der Waals surface area contributed by atoms with Gasteiger partial charge in [-0.05, 0) is 47.3 Å². The number of piperidine rings is 1. The fraction of sp³-hybridized carbons (Fsp3) is 0.429. The zero-order chi connectivity index (χ0) is 14.5. The smallest absolute Gasteiger partial charge is 0.255 e. The van der Waals surface area contributed by atoms with Gasteiger partial charge in [0.15, 0.2) is 0 Å². The van der Waals surface area contributed by atoms with Crippen LogP contribution in [0.2, 0.25) is 0 Å². The maximum absolute atomic E-state index is 13.6. The van der Waals surface area contributed by atoms with Gasteiger partial charge in [0.25, 0.3) is 5.91 Å². The number of carbonyl (C=O) groups excluding carboxylic acids is 2. The molecule has 20 heavy (non-hydrogen) atoms. The molecular weight excluding hydrogens is 327 g/mol. The Morgan fingerprint density at radius 3 is 2.60 bits per heavy atom. The number of benzene rings is 1. The summed E-state index contributed by atoms with van der Waals surface area (Å²) in [7, 11) is 0. The molecule has 1 heterocycles. The Bertz CT molecular complexity index is 496. The zero-order valence-electron chi connectivity index (χ0n) is 11.0. The van der Waals surface area contributed by atoms with E-state index in [2.05, 4.69) is 21.2 Å². The first kappa shape index (κ1) is 15.0. The van der Waals surface area contributed by atoms with E-state index in [1.165, 1.54) is 12.1 Å². The molecule has 0 radical (unpaired) electrons. The molecule has 1 aliphatic rings. The Morgan fingerprint density at radius 2 is 1.95 bits per heavy atom. The number of likely N-dealkylation sites (tertiary alicyclic amines) is 1. The second-order valence-electron chi connectivity index (χ2n) is 4.72. The standard InChI is InChI=1S/C14H16BrFN2O2/c15-10-5-4-6-11(16)13(10)14(20)17-9-12(19)18-7-2-1-3-8-18/h4-6H,1-3,7-9H2,(H,17,20). The Morgan fingerprint density at radius 1 is 1.25 bits per heavy atom. The van der Waals surface area contributed by atoms with E-state index < -0.39 is 11.7 Å². The van der Waals surface area contributed by atoms with Crippen LogP contribution in [0.5, 0.6) is 0 Å². The monoisotopic (exact) mass is 342 g/mol. The number of nitrogens with zero attached hydrogens (tertiary/aromatic N) is 1. The van der Waals surface area contributed by atoms with Crippen LogP contribution in [0.4, 0.5) is 4.39 Å². The van der Waals surface area contributed by atoms with E-state index in [4.69, 9.17) is 0 Å². The van der Waals surface area contributed by atoms with Gasteiger partial charge in [0.1, 0.15) is 5.82 Å². The summed E-state index contributed by atoms with van der Waals surface area (Å²) in [5.41, 5.74) is -0.0704.